The molecule has 2 aliphatic rings. The zero-order valence-electron chi connectivity index (χ0n) is 11.9. The van der Waals surface area contributed by atoms with Gasteiger partial charge >= 0.3 is 0 Å². The SMILES string of the molecule is CSC1(CN2C(=O)CNC2CC(C)C)CCCC1. The average molecular weight is 270 g/mol. The molecule has 1 saturated carbocycles. The molecule has 0 aromatic rings. The summed E-state index contributed by atoms with van der Waals surface area (Å²) in [5.74, 6) is 0.922. The maximum absolute atomic E-state index is 12.1. The van der Waals surface area contributed by atoms with Crippen molar-refractivity contribution < 1.29 is 4.79 Å². The summed E-state index contributed by atoms with van der Waals surface area (Å²) >= 11 is 1.97. The van der Waals surface area contributed by atoms with Gasteiger partial charge in [0.2, 0.25) is 5.91 Å². The molecule has 4 heteroatoms. The van der Waals surface area contributed by atoms with E-state index in [9.17, 15) is 4.79 Å². The number of amides is 1. The lowest BCUT2D eigenvalue weighted by atomic mass is 10.0. The molecule has 3 nitrogen and oxygen atoms in total. The molecule has 2 rings (SSSR count). The zero-order valence-corrected chi connectivity index (χ0v) is 12.7. The standard InChI is InChI=1S/C14H26N2OS/c1-11(2)8-12-15-9-13(17)16(12)10-14(18-3)6-4-5-7-14/h11-12,15H,4-10H2,1-3H3. The summed E-state index contributed by atoms with van der Waals surface area (Å²) in [5.41, 5.74) is 0. The van der Waals surface area contributed by atoms with Crippen LogP contribution in [0.2, 0.25) is 0 Å². The molecule has 0 aromatic heterocycles. The highest BCUT2D eigenvalue weighted by atomic mass is 32.2. The van der Waals surface area contributed by atoms with Gasteiger partial charge in [-0.05, 0) is 31.4 Å². The van der Waals surface area contributed by atoms with Crippen molar-refractivity contribution in [1.29, 1.82) is 0 Å². The van der Waals surface area contributed by atoms with Crippen LogP contribution in [0.15, 0.2) is 0 Å². The van der Waals surface area contributed by atoms with Gasteiger partial charge in [0.1, 0.15) is 0 Å². The van der Waals surface area contributed by atoms with Crippen molar-refractivity contribution in [3.05, 3.63) is 0 Å². The third-order valence-corrected chi connectivity index (χ3v) is 5.69. The van der Waals surface area contributed by atoms with Crippen LogP contribution in [0.25, 0.3) is 0 Å². The molecule has 1 amide bonds. The number of hydrogen-bond donors (Lipinski definition) is 1. The Morgan fingerprint density at radius 3 is 2.67 bits per heavy atom. The smallest absolute Gasteiger partial charge is 0.237 e. The van der Waals surface area contributed by atoms with Crippen LogP contribution in [0, 0.1) is 5.92 Å². The van der Waals surface area contributed by atoms with Crippen LogP contribution in [0.1, 0.15) is 46.0 Å². The topological polar surface area (TPSA) is 32.3 Å². The Kier molecular flexibility index (Phi) is 4.59. The van der Waals surface area contributed by atoms with E-state index in [1.807, 2.05) is 11.8 Å². The predicted octanol–water partition coefficient (Wildman–Crippen LogP) is 2.47. The first-order valence-corrected chi connectivity index (χ1v) is 8.37. The maximum Gasteiger partial charge on any atom is 0.237 e. The van der Waals surface area contributed by atoms with Crippen LogP contribution < -0.4 is 5.32 Å². The monoisotopic (exact) mass is 270 g/mol. The molecule has 18 heavy (non-hydrogen) atoms. The molecule has 104 valence electrons. The van der Waals surface area contributed by atoms with Crippen LogP contribution in [0.5, 0.6) is 0 Å². The quantitative estimate of drug-likeness (QED) is 0.833. The van der Waals surface area contributed by atoms with E-state index >= 15 is 0 Å². The van der Waals surface area contributed by atoms with Crippen molar-refractivity contribution in [2.75, 3.05) is 19.3 Å². The first-order valence-electron chi connectivity index (χ1n) is 7.14. The normalized spacial score (nSPS) is 27.4. The summed E-state index contributed by atoms with van der Waals surface area (Å²) < 4.78 is 0.330. The zero-order chi connectivity index (χ0) is 13.2. The maximum atomic E-state index is 12.1. The molecule has 1 unspecified atom stereocenters. The molecule has 0 aromatic carbocycles. The number of hydrogen-bond acceptors (Lipinski definition) is 3. The molecular weight excluding hydrogens is 244 g/mol. The van der Waals surface area contributed by atoms with Gasteiger partial charge in [-0.1, -0.05) is 26.7 Å². The minimum absolute atomic E-state index is 0.266. The van der Waals surface area contributed by atoms with Gasteiger partial charge in [0.05, 0.1) is 12.7 Å². The van der Waals surface area contributed by atoms with E-state index in [0.717, 1.165) is 13.0 Å². The Morgan fingerprint density at radius 2 is 2.11 bits per heavy atom. The summed E-state index contributed by atoms with van der Waals surface area (Å²) in [6, 6.07) is 0. The number of thioether (sulfide) groups is 1. The predicted molar refractivity (Wildman–Crippen MR) is 77.7 cm³/mol. The first kappa shape index (κ1) is 14.2. The van der Waals surface area contributed by atoms with Crippen molar-refractivity contribution in [1.82, 2.24) is 10.2 Å². The Hall–Kier alpha value is -0.220. The molecule has 1 saturated heterocycles. The highest BCUT2D eigenvalue weighted by Crippen LogP contribution is 2.41. The Balaban J connectivity index is 2.02. The minimum atomic E-state index is 0.266. The lowest BCUT2D eigenvalue weighted by Gasteiger charge is -2.35. The number of carbonyl (C=O) groups excluding carboxylic acids is 1. The van der Waals surface area contributed by atoms with E-state index in [1.54, 1.807) is 0 Å². The fourth-order valence-electron chi connectivity index (χ4n) is 3.20. The Labute approximate surface area is 115 Å². The third kappa shape index (κ3) is 3.02. The largest absolute Gasteiger partial charge is 0.325 e. The van der Waals surface area contributed by atoms with Crippen LogP contribution >= 0.6 is 11.8 Å². The molecule has 0 bridgehead atoms. The van der Waals surface area contributed by atoms with E-state index in [1.165, 1.54) is 25.7 Å². The van der Waals surface area contributed by atoms with Crippen molar-refractivity contribution in [2.45, 2.75) is 56.9 Å². The van der Waals surface area contributed by atoms with Crippen molar-refractivity contribution in [2.24, 2.45) is 5.92 Å². The fraction of sp³-hybridized carbons (Fsp3) is 0.929. The van der Waals surface area contributed by atoms with Crippen molar-refractivity contribution in [3.63, 3.8) is 0 Å². The van der Waals surface area contributed by atoms with E-state index in [-0.39, 0.29) is 6.17 Å². The summed E-state index contributed by atoms with van der Waals surface area (Å²) in [6.45, 7) is 5.92. The van der Waals surface area contributed by atoms with Crippen LogP contribution in [0.4, 0.5) is 0 Å². The van der Waals surface area contributed by atoms with Gasteiger partial charge in [-0.25, -0.2) is 0 Å². The van der Waals surface area contributed by atoms with Gasteiger partial charge in [0.15, 0.2) is 0 Å². The molecule has 0 radical (unpaired) electrons. The second kappa shape index (κ2) is 5.83. The minimum Gasteiger partial charge on any atom is -0.325 e. The second-order valence-corrected chi connectivity index (χ2v) is 7.42. The van der Waals surface area contributed by atoms with Crippen LogP contribution in [-0.2, 0) is 4.79 Å². The molecule has 1 atom stereocenters. The van der Waals surface area contributed by atoms with Crippen LogP contribution in [0.3, 0.4) is 0 Å². The third-order valence-electron chi connectivity index (χ3n) is 4.29. The number of nitrogens with zero attached hydrogens (tertiary/aromatic N) is 1. The van der Waals surface area contributed by atoms with Crippen molar-refractivity contribution >= 4 is 17.7 Å². The van der Waals surface area contributed by atoms with Gasteiger partial charge in [0, 0.05) is 11.3 Å². The lowest BCUT2D eigenvalue weighted by molar-refractivity contribution is -0.128. The molecule has 1 heterocycles. The van der Waals surface area contributed by atoms with Crippen molar-refractivity contribution in [3.8, 4) is 0 Å². The summed E-state index contributed by atoms with van der Waals surface area (Å²) in [7, 11) is 0. The molecule has 1 aliphatic carbocycles. The van der Waals surface area contributed by atoms with Gasteiger partial charge in [0.25, 0.3) is 0 Å². The number of carbonyl (C=O) groups is 1. The highest BCUT2D eigenvalue weighted by molar-refractivity contribution is 8.00. The summed E-state index contributed by atoms with van der Waals surface area (Å²) in [4.78, 5) is 14.2. The lowest BCUT2D eigenvalue weighted by Crippen LogP contribution is -2.46. The van der Waals surface area contributed by atoms with Gasteiger partial charge in [-0.3, -0.25) is 10.1 Å². The van der Waals surface area contributed by atoms with E-state index in [2.05, 4.69) is 30.3 Å². The van der Waals surface area contributed by atoms with Gasteiger partial charge in [-0.2, -0.15) is 11.8 Å². The van der Waals surface area contributed by atoms with Gasteiger partial charge < -0.3 is 4.90 Å². The van der Waals surface area contributed by atoms with E-state index in [0.29, 0.717) is 23.1 Å². The Bertz CT molecular complexity index is 300. The molecule has 1 N–H and O–H groups in total. The summed E-state index contributed by atoms with van der Waals surface area (Å²) in [5, 5.41) is 3.37. The number of nitrogens with one attached hydrogen (secondary N) is 1. The first-order chi connectivity index (χ1) is 8.56. The summed E-state index contributed by atoms with van der Waals surface area (Å²) in [6.07, 6.45) is 8.73. The van der Waals surface area contributed by atoms with E-state index < -0.39 is 0 Å². The van der Waals surface area contributed by atoms with Gasteiger partial charge in [-0.15, -0.1) is 0 Å². The fourth-order valence-corrected chi connectivity index (χ4v) is 4.17. The molecular formula is C14H26N2OS. The van der Waals surface area contributed by atoms with Crippen LogP contribution in [-0.4, -0.2) is 41.1 Å². The average Bonchev–Trinajstić information content (AvgIpc) is 2.91. The van der Waals surface area contributed by atoms with E-state index in [4.69, 9.17) is 0 Å². The second-order valence-electron chi connectivity index (χ2n) is 6.14. The number of rotatable bonds is 5. The highest BCUT2D eigenvalue weighted by Gasteiger charge is 2.40. The molecule has 1 aliphatic heterocycles. The Morgan fingerprint density at radius 1 is 1.44 bits per heavy atom. The molecule has 0 spiro atoms. The molecule has 2 fully saturated rings.